The number of hydrogen-bond donors (Lipinski definition) is 7. The molecule has 17 heteroatoms. The van der Waals surface area contributed by atoms with Gasteiger partial charge < -0.3 is 50.2 Å². The highest BCUT2D eigenvalue weighted by Gasteiger charge is 2.51. The molecule has 1 aromatic rings. The molecule has 0 radical (unpaired) electrons. The second-order valence-electron chi connectivity index (χ2n) is 23.4. The Morgan fingerprint density at radius 3 is 2.47 bits per heavy atom. The third-order valence-corrected chi connectivity index (χ3v) is 17.1. The molecule has 3 saturated heterocycles. The molecule has 16 atom stereocenters. The number of hydrazine groups is 1. The lowest BCUT2D eigenvalue weighted by atomic mass is 9.75. The number of rotatable bonds is 13. The van der Waals surface area contributed by atoms with E-state index in [0.29, 0.717) is 50.5 Å². The van der Waals surface area contributed by atoms with E-state index >= 15 is 0 Å². The van der Waals surface area contributed by atoms with Gasteiger partial charge in [-0.15, -0.1) is 0 Å². The molecule has 5 aliphatic rings. The summed E-state index contributed by atoms with van der Waals surface area (Å²) >= 11 is 0. The highest BCUT2D eigenvalue weighted by molar-refractivity contribution is 5.93. The summed E-state index contributed by atoms with van der Waals surface area (Å²) < 4.78 is 25.2. The van der Waals surface area contributed by atoms with Gasteiger partial charge in [-0.25, -0.2) is 5.43 Å². The van der Waals surface area contributed by atoms with Crippen molar-refractivity contribution in [1.82, 2.24) is 26.4 Å². The van der Waals surface area contributed by atoms with Crippen LogP contribution in [0.5, 0.6) is 5.75 Å². The summed E-state index contributed by atoms with van der Waals surface area (Å²) in [5.41, 5.74) is 4.58. The predicted octanol–water partition coefficient (Wildman–Crippen LogP) is 7.17. The van der Waals surface area contributed by atoms with Crippen LogP contribution in [0.2, 0.25) is 0 Å². The molecule has 4 amide bonds. The average molecular weight is 1090 g/mol. The summed E-state index contributed by atoms with van der Waals surface area (Å²) in [6.45, 7) is 19.6. The normalized spacial score (nSPS) is 34.9. The van der Waals surface area contributed by atoms with Gasteiger partial charge >= 0.3 is 5.97 Å². The van der Waals surface area contributed by atoms with Crippen LogP contribution in [0.15, 0.2) is 84.0 Å². The summed E-state index contributed by atoms with van der Waals surface area (Å²) in [7, 11) is 1.53. The van der Waals surface area contributed by atoms with Gasteiger partial charge in [-0.05, 0) is 106 Å². The van der Waals surface area contributed by atoms with Gasteiger partial charge in [-0.3, -0.25) is 29.0 Å². The van der Waals surface area contributed by atoms with Crippen LogP contribution >= 0.6 is 0 Å². The molecule has 0 saturated carbocycles. The van der Waals surface area contributed by atoms with E-state index in [9.17, 15) is 39.3 Å². The van der Waals surface area contributed by atoms with Gasteiger partial charge in [0.05, 0.1) is 30.3 Å². The van der Waals surface area contributed by atoms with E-state index in [-0.39, 0.29) is 60.8 Å². The van der Waals surface area contributed by atoms with Crippen LogP contribution in [-0.2, 0) is 49.3 Å². The smallest absolute Gasteiger partial charge is 0.325 e. The number of nitrogens with zero attached hydrogens (tertiary/aromatic N) is 1. The quantitative estimate of drug-likeness (QED) is 0.0591. The third-order valence-electron chi connectivity index (χ3n) is 17.1. The number of phenols is 1. The molecule has 1 aromatic carbocycles. The number of phenolic OH excluding ortho intramolecular Hbond substituents is 1. The first-order chi connectivity index (χ1) is 37.0. The number of fused-ring (bicyclic) bond motifs is 3. The molecule has 6 rings (SSSR count). The Bertz CT molecular complexity index is 2400. The van der Waals surface area contributed by atoms with Crippen molar-refractivity contribution in [2.75, 3.05) is 13.7 Å². The Hall–Kier alpha value is -5.17. The van der Waals surface area contributed by atoms with Gasteiger partial charge in [0.15, 0.2) is 11.5 Å². The SMILES string of the molecule is CC[C@H]1C[C@H](C)[C@@]2(NC1=O)O[C@@H](C[C@H](O)[C@@H](C)CCC=CC=C(C)[C@@H]1CC=CC=C[C@H](O)[C@H](C)[C@H]3O[C@](C)(OC)CC[C@H]3C(=O)N[C@@H](C(C)C)C(=O)N[C@@H](Cc3cccc(O)c3)C(=O)N3CCCC(N3)C(=O)O1)[C@H](C)C=C2C. The Labute approximate surface area is 463 Å². The minimum atomic E-state index is -1.16. The zero-order valence-electron chi connectivity index (χ0n) is 48.0. The zero-order valence-corrected chi connectivity index (χ0v) is 48.0. The molecule has 0 aliphatic carbocycles. The van der Waals surface area contributed by atoms with Gasteiger partial charge in [-0.2, -0.15) is 0 Å². The van der Waals surface area contributed by atoms with E-state index in [1.54, 1.807) is 58.1 Å². The minimum absolute atomic E-state index is 0.00123. The Morgan fingerprint density at radius 1 is 1.01 bits per heavy atom. The Balaban J connectivity index is 1.20. The molecule has 78 heavy (non-hydrogen) atoms. The Morgan fingerprint density at radius 2 is 1.77 bits per heavy atom. The number of nitrogens with one attached hydrogen (secondary N) is 4. The van der Waals surface area contributed by atoms with Crippen molar-refractivity contribution in [1.29, 1.82) is 0 Å². The van der Waals surface area contributed by atoms with E-state index in [1.165, 1.54) is 24.3 Å². The second-order valence-corrected chi connectivity index (χ2v) is 23.4. The van der Waals surface area contributed by atoms with E-state index in [4.69, 9.17) is 18.9 Å². The van der Waals surface area contributed by atoms with Gasteiger partial charge in [0.2, 0.25) is 17.7 Å². The number of esters is 1. The van der Waals surface area contributed by atoms with Crippen LogP contribution < -0.4 is 21.4 Å². The summed E-state index contributed by atoms with van der Waals surface area (Å²) in [6, 6.07) is 3.30. The van der Waals surface area contributed by atoms with Crippen LogP contribution in [0.25, 0.3) is 0 Å². The van der Waals surface area contributed by atoms with E-state index in [2.05, 4.69) is 41.3 Å². The number of methoxy groups -OCH3 is 1. The molecule has 5 heterocycles. The number of carbonyl (C=O) groups excluding carboxylic acids is 5. The summed E-state index contributed by atoms with van der Waals surface area (Å²) in [4.78, 5) is 70.5. The molecular formula is C61H91N5O12. The maximum absolute atomic E-state index is 14.6. The summed E-state index contributed by atoms with van der Waals surface area (Å²) in [5, 5.41) is 43.8. The number of allylic oxidation sites excluding steroid dienone is 5. The number of amides is 4. The predicted molar refractivity (Wildman–Crippen MR) is 297 cm³/mol. The molecule has 2 bridgehead atoms. The highest BCUT2D eigenvalue weighted by Crippen LogP contribution is 2.43. The van der Waals surface area contributed by atoms with Gasteiger partial charge in [0.1, 0.15) is 30.0 Å². The molecule has 7 N–H and O–H groups in total. The monoisotopic (exact) mass is 1090 g/mol. The number of hydrogen-bond acceptors (Lipinski definition) is 13. The van der Waals surface area contributed by atoms with Crippen molar-refractivity contribution in [3.63, 3.8) is 0 Å². The number of piperidine rings is 1. The van der Waals surface area contributed by atoms with Crippen molar-refractivity contribution >= 4 is 29.6 Å². The number of aromatic hydroxyl groups is 1. The molecule has 1 unspecified atom stereocenters. The fourth-order valence-electron chi connectivity index (χ4n) is 11.6. The number of carbonyl (C=O) groups is 5. The maximum atomic E-state index is 14.6. The van der Waals surface area contributed by atoms with E-state index in [0.717, 1.165) is 24.0 Å². The molecule has 5 aliphatic heterocycles. The van der Waals surface area contributed by atoms with Gasteiger partial charge in [0, 0.05) is 63.0 Å². The van der Waals surface area contributed by atoms with Crippen molar-refractivity contribution < 1.29 is 58.2 Å². The molecule has 1 spiro atoms. The van der Waals surface area contributed by atoms with Crippen LogP contribution in [-0.4, -0.2) is 124 Å². The molecular weight excluding hydrogens is 995 g/mol. The number of benzene rings is 1. The molecule has 17 nitrogen and oxygen atoms in total. The number of aliphatic hydroxyl groups is 2. The Kier molecular flexibility index (Phi) is 22.1. The third kappa shape index (κ3) is 15.6. The number of aliphatic hydroxyl groups excluding tert-OH is 2. The van der Waals surface area contributed by atoms with Crippen LogP contribution in [0, 0.1) is 41.4 Å². The minimum Gasteiger partial charge on any atom is -0.508 e. The molecule has 0 aromatic heterocycles. The van der Waals surface area contributed by atoms with Crippen LogP contribution in [0.3, 0.4) is 0 Å². The first-order valence-electron chi connectivity index (χ1n) is 28.6. The lowest BCUT2D eigenvalue weighted by molar-refractivity contribution is -0.280. The number of cyclic esters (lactones) is 1. The number of ether oxygens (including phenoxy) is 4. The second kappa shape index (κ2) is 27.8. The average Bonchev–Trinajstić information content (AvgIpc) is 3.41. The van der Waals surface area contributed by atoms with Crippen molar-refractivity contribution in [3.8, 4) is 5.75 Å². The van der Waals surface area contributed by atoms with Crippen LogP contribution in [0.4, 0.5) is 0 Å². The zero-order chi connectivity index (χ0) is 57.1. The first-order valence-corrected chi connectivity index (χ1v) is 28.6. The van der Waals surface area contributed by atoms with Crippen molar-refractivity contribution in [3.05, 3.63) is 89.6 Å². The van der Waals surface area contributed by atoms with Crippen molar-refractivity contribution in [2.45, 2.75) is 200 Å². The molecule has 432 valence electrons. The van der Waals surface area contributed by atoms with E-state index < -0.39 is 95.5 Å². The molecule has 3 fully saturated rings. The van der Waals surface area contributed by atoms with E-state index in [1.807, 2.05) is 52.0 Å². The lowest BCUT2D eigenvalue weighted by Gasteiger charge is -2.51. The van der Waals surface area contributed by atoms with Gasteiger partial charge in [-0.1, -0.05) is 109 Å². The largest absolute Gasteiger partial charge is 0.508 e. The fraction of sp³-hybridized carbons (Fsp3) is 0.656. The first kappa shape index (κ1) is 62.0. The summed E-state index contributed by atoms with van der Waals surface area (Å²) in [6.07, 6.45) is 16.7. The van der Waals surface area contributed by atoms with Gasteiger partial charge in [0.25, 0.3) is 5.91 Å². The summed E-state index contributed by atoms with van der Waals surface area (Å²) in [5.74, 6) is -4.79. The topological polar surface area (TPSA) is 234 Å². The highest BCUT2D eigenvalue weighted by atomic mass is 16.7. The standard InChI is InChI=1S/C61H91N5O12/c1-12-44-32-41(8)61(64-55(44)70)40(7)31-39(6)52(77-61)35-50(69)37(4)21-15-13-16-22-38(5)51-27-18-14-17-26-49(68)42(9)54-46(28-29-60(10,75-11)78-54)56(71)63-53(36(2)3)57(72)62-48(34-43-23-19-24-45(67)33-43)58(73)66-30-20-25-47(65-66)59(74)76-51/h13-14,16-19,22-24,26,31,33,36-37,39,41-42,44,46-54,65,67-69H,12,15,20-21,25,27-30,32,34-35H2,1-11H3,(H,62,72)(H,63,71)(H,64,70)/t37-,39+,41-,42-,44-,46+,47?,48-,49-,50-,51-,52-,53-,54+,60-,61-/m0/s1. The lowest BCUT2D eigenvalue weighted by Crippen LogP contribution is -2.64. The fourth-order valence-corrected chi connectivity index (χ4v) is 11.6. The maximum Gasteiger partial charge on any atom is 0.325 e. The van der Waals surface area contributed by atoms with Crippen LogP contribution in [0.1, 0.15) is 139 Å². The van der Waals surface area contributed by atoms with Crippen molar-refractivity contribution in [2.24, 2.45) is 41.4 Å².